The minimum absolute atomic E-state index is 0.266. The van der Waals surface area contributed by atoms with Crippen LogP contribution in [0.3, 0.4) is 0 Å². The minimum Gasteiger partial charge on any atom is -0.497 e. The molecule has 0 spiro atoms. The second kappa shape index (κ2) is 6.61. The first kappa shape index (κ1) is 16.8. The van der Waals surface area contributed by atoms with Gasteiger partial charge in [-0.3, -0.25) is 4.57 Å². The molecule has 0 aliphatic carbocycles. The van der Waals surface area contributed by atoms with E-state index < -0.39 is 0 Å². The molecule has 0 bridgehead atoms. The SMILES string of the molecule is COc1ccc(-n2ccnc2-c2nccn2C[C@]2(C)CCN(C)C2)cc1. The van der Waals surface area contributed by atoms with Gasteiger partial charge in [0.1, 0.15) is 5.75 Å². The highest BCUT2D eigenvalue weighted by molar-refractivity contribution is 5.51. The van der Waals surface area contributed by atoms with Gasteiger partial charge in [-0.15, -0.1) is 0 Å². The molecule has 3 aromatic rings. The molecule has 0 radical (unpaired) electrons. The van der Waals surface area contributed by atoms with E-state index in [0.717, 1.165) is 42.7 Å². The number of methoxy groups -OCH3 is 1. The Balaban J connectivity index is 1.65. The second-order valence-corrected chi connectivity index (χ2v) is 7.50. The van der Waals surface area contributed by atoms with Crippen molar-refractivity contribution in [1.82, 2.24) is 24.0 Å². The number of hydrogen-bond acceptors (Lipinski definition) is 4. The van der Waals surface area contributed by atoms with Gasteiger partial charge in [-0.1, -0.05) is 6.92 Å². The highest BCUT2D eigenvalue weighted by Gasteiger charge is 2.33. The van der Waals surface area contributed by atoms with Gasteiger partial charge >= 0.3 is 0 Å². The summed E-state index contributed by atoms with van der Waals surface area (Å²) in [5, 5.41) is 0. The van der Waals surface area contributed by atoms with E-state index in [1.807, 2.05) is 42.9 Å². The van der Waals surface area contributed by atoms with Gasteiger partial charge in [0.2, 0.25) is 0 Å². The van der Waals surface area contributed by atoms with Gasteiger partial charge in [0.15, 0.2) is 11.6 Å². The predicted octanol–water partition coefficient (Wildman–Crippen LogP) is 3.09. The zero-order valence-electron chi connectivity index (χ0n) is 15.6. The lowest BCUT2D eigenvalue weighted by atomic mass is 9.90. The normalized spacial score (nSPS) is 20.6. The number of hydrogen-bond donors (Lipinski definition) is 0. The van der Waals surface area contributed by atoms with E-state index in [4.69, 9.17) is 4.74 Å². The highest BCUT2D eigenvalue weighted by Crippen LogP contribution is 2.32. The third-order valence-corrected chi connectivity index (χ3v) is 5.21. The van der Waals surface area contributed by atoms with Crippen molar-refractivity contribution in [2.75, 3.05) is 27.2 Å². The third-order valence-electron chi connectivity index (χ3n) is 5.21. The molecular weight excluding hydrogens is 326 g/mol. The van der Waals surface area contributed by atoms with Crippen LogP contribution in [0.15, 0.2) is 49.1 Å². The van der Waals surface area contributed by atoms with Gasteiger partial charge < -0.3 is 14.2 Å². The van der Waals surface area contributed by atoms with Crippen LogP contribution in [0.5, 0.6) is 5.75 Å². The van der Waals surface area contributed by atoms with Gasteiger partial charge in [-0.2, -0.15) is 0 Å². The topological polar surface area (TPSA) is 48.1 Å². The van der Waals surface area contributed by atoms with Crippen LogP contribution in [0.25, 0.3) is 17.3 Å². The Kier molecular flexibility index (Phi) is 4.28. The van der Waals surface area contributed by atoms with Crippen molar-refractivity contribution in [2.24, 2.45) is 5.41 Å². The monoisotopic (exact) mass is 351 g/mol. The molecule has 2 aromatic heterocycles. The van der Waals surface area contributed by atoms with E-state index in [1.165, 1.54) is 6.42 Å². The van der Waals surface area contributed by atoms with E-state index in [0.29, 0.717) is 0 Å². The number of ether oxygens (including phenoxy) is 1. The molecular formula is C20H25N5O. The molecule has 0 unspecified atom stereocenters. The van der Waals surface area contributed by atoms with Crippen molar-refractivity contribution in [3.8, 4) is 23.1 Å². The summed E-state index contributed by atoms with van der Waals surface area (Å²) in [6.45, 7) is 5.57. The molecule has 4 rings (SSSR count). The Hall–Kier alpha value is -2.60. The fraction of sp³-hybridized carbons (Fsp3) is 0.400. The lowest BCUT2D eigenvalue weighted by molar-refractivity contribution is 0.270. The number of benzene rings is 1. The van der Waals surface area contributed by atoms with E-state index in [9.17, 15) is 0 Å². The number of aromatic nitrogens is 4. The molecule has 0 saturated carbocycles. The van der Waals surface area contributed by atoms with Crippen LogP contribution < -0.4 is 4.74 Å². The maximum Gasteiger partial charge on any atom is 0.181 e. The van der Waals surface area contributed by atoms with Crippen molar-refractivity contribution < 1.29 is 4.74 Å². The molecule has 136 valence electrons. The Bertz CT molecular complexity index is 882. The van der Waals surface area contributed by atoms with Gasteiger partial charge in [0.05, 0.1) is 7.11 Å². The Morgan fingerprint density at radius 2 is 1.81 bits per heavy atom. The average Bonchev–Trinajstić information content (AvgIpc) is 3.35. The summed E-state index contributed by atoms with van der Waals surface area (Å²) < 4.78 is 9.57. The smallest absolute Gasteiger partial charge is 0.181 e. The number of rotatable bonds is 5. The van der Waals surface area contributed by atoms with Crippen molar-refractivity contribution in [3.63, 3.8) is 0 Å². The largest absolute Gasteiger partial charge is 0.497 e. The third kappa shape index (κ3) is 3.12. The minimum atomic E-state index is 0.266. The number of likely N-dealkylation sites (tertiary alicyclic amines) is 1. The molecule has 1 fully saturated rings. The van der Waals surface area contributed by atoms with Crippen molar-refractivity contribution >= 4 is 0 Å². The molecule has 26 heavy (non-hydrogen) atoms. The zero-order chi connectivity index (χ0) is 18.1. The molecule has 1 saturated heterocycles. The first-order valence-corrected chi connectivity index (χ1v) is 8.96. The number of imidazole rings is 2. The number of nitrogens with zero attached hydrogens (tertiary/aromatic N) is 5. The van der Waals surface area contributed by atoms with Crippen LogP contribution in [0.4, 0.5) is 0 Å². The van der Waals surface area contributed by atoms with E-state index in [1.54, 1.807) is 7.11 Å². The van der Waals surface area contributed by atoms with E-state index >= 15 is 0 Å². The molecule has 0 N–H and O–H groups in total. The van der Waals surface area contributed by atoms with Crippen molar-refractivity contribution in [3.05, 3.63) is 49.1 Å². The fourth-order valence-electron chi connectivity index (χ4n) is 3.87. The molecule has 6 nitrogen and oxygen atoms in total. The van der Waals surface area contributed by atoms with Crippen molar-refractivity contribution in [1.29, 1.82) is 0 Å². The molecule has 3 heterocycles. The summed E-state index contributed by atoms with van der Waals surface area (Å²) >= 11 is 0. The standard InChI is InChI=1S/C20H25N5O/c1-20(8-11-23(2)14-20)15-24-12-9-21-18(24)19-22-10-13-25(19)16-4-6-17(26-3)7-5-16/h4-7,9-10,12-13H,8,11,14-15H2,1-3H3/t20-/m1/s1. The van der Waals surface area contributed by atoms with Crippen LogP contribution in [-0.2, 0) is 6.54 Å². The van der Waals surface area contributed by atoms with Crippen LogP contribution in [0, 0.1) is 5.41 Å². The molecule has 1 aromatic carbocycles. The van der Waals surface area contributed by atoms with Crippen LogP contribution in [0.2, 0.25) is 0 Å². The first-order chi connectivity index (χ1) is 12.6. The van der Waals surface area contributed by atoms with Crippen LogP contribution in [0.1, 0.15) is 13.3 Å². The zero-order valence-corrected chi connectivity index (χ0v) is 15.6. The maximum absolute atomic E-state index is 5.26. The summed E-state index contributed by atoms with van der Waals surface area (Å²) in [6, 6.07) is 7.98. The van der Waals surface area contributed by atoms with Gasteiger partial charge in [0.25, 0.3) is 0 Å². The molecule has 6 heteroatoms. The summed E-state index contributed by atoms with van der Waals surface area (Å²) in [5.41, 5.74) is 1.31. The maximum atomic E-state index is 5.26. The van der Waals surface area contributed by atoms with Gasteiger partial charge in [-0.25, -0.2) is 9.97 Å². The van der Waals surface area contributed by atoms with Gasteiger partial charge in [0, 0.05) is 43.6 Å². The summed E-state index contributed by atoms with van der Waals surface area (Å²) in [7, 11) is 3.87. The molecule has 1 aliphatic rings. The highest BCUT2D eigenvalue weighted by atomic mass is 16.5. The predicted molar refractivity (Wildman–Crippen MR) is 102 cm³/mol. The fourth-order valence-corrected chi connectivity index (χ4v) is 3.87. The first-order valence-electron chi connectivity index (χ1n) is 8.96. The van der Waals surface area contributed by atoms with Crippen LogP contribution in [-0.4, -0.2) is 51.2 Å². The summed E-state index contributed by atoms with van der Waals surface area (Å²) in [5.74, 6) is 2.60. The Morgan fingerprint density at radius 1 is 1.08 bits per heavy atom. The Morgan fingerprint density at radius 3 is 2.50 bits per heavy atom. The lowest BCUT2D eigenvalue weighted by Crippen LogP contribution is -2.27. The van der Waals surface area contributed by atoms with E-state index in [2.05, 4.69) is 44.2 Å². The summed E-state index contributed by atoms with van der Waals surface area (Å²) in [4.78, 5) is 11.6. The average molecular weight is 351 g/mol. The van der Waals surface area contributed by atoms with E-state index in [-0.39, 0.29) is 5.41 Å². The molecule has 0 amide bonds. The molecule has 1 aliphatic heterocycles. The molecule has 1 atom stereocenters. The summed E-state index contributed by atoms with van der Waals surface area (Å²) in [6.07, 6.45) is 8.93. The second-order valence-electron chi connectivity index (χ2n) is 7.50. The Labute approximate surface area is 154 Å². The van der Waals surface area contributed by atoms with Gasteiger partial charge in [-0.05, 0) is 49.7 Å². The van der Waals surface area contributed by atoms with Crippen LogP contribution >= 0.6 is 0 Å². The lowest BCUT2D eigenvalue weighted by Gasteiger charge is -2.25. The quantitative estimate of drug-likeness (QED) is 0.709. The van der Waals surface area contributed by atoms with Crippen molar-refractivity contribution in [2.45, 2.75) is 19.9 Å².